The van der Waals surface area contributed by atoms with Gasteiger partial charge in [0.15, 0.2) is 0 Å². The van der Waals surface area contributed by atoms with Crippen molar-refractivity contribution in [3.8, 4) is 0 Å². The Balaban J connectivity index is 2.24. The van der Waals surface area contributed by atoms with Crippen molar-refractivity contribution in [3.05, 3.63) is 35.2 Å². The van der Waals surface area contributed by atoms with Crippen LogP contribution in [0.1, 0.15) is 11.7 Å². The van der Waals surface area contributed by atoms with Gasteiger partial charge in [-0.15, -0.1) is 11.3 Å². The lowest BCUT2D eigenvalue weighted by molar-refractivity contribution is 0.0203. The number of rotatable bonds is 4. The summed E-state index contributed by atoms with van der Waals surface area (Å²) in [4.78, 5) is 0. The van der Waals surface area contributed by atoms with E-state index in [1.165, 1.54) is 5.39 Å². The smallest absolute Gasteiger partial charge is 0.106 e. The van der Waals surface area contributed by atoms with Crippen molar-refractivity contribution in [1.29, 1.82) is 0 Å². The zero-order valence-corrected chi connectivity index (χ0v) is 9.87. The number of hydrogen-bond acceptors (Lipinski definition) is 4. The number of hydrogen-bond donors (Lipinski definition) is 3. The third-order valence-electron chi connectivity index (χ3n) is 2.60. The summed E-state index contributed by atoms with van der Waals surface area (Å²) in [7, 11) is 1.75. The first-order valence-electron chi connectivity index (χ1n) is 5.20. The first-order chi connectivity index (χ1) is 7.72. The second kappa shape index (κ2) is 4.93. The average Bonchev–Trinajstić information content (AvgIpc) is 2.75. The Kier molecular flexibility index (Phi) is 3.56. The summed E-state index contributed by atoms with van der Waals surface area (Å²) in [6, 6.07) is 7.80. The van der Waals surface area contributed by atoms with Crippen LogP contribution in [0.2, 0.25) is 0 Å². The molecule has 1 aromatic heterocycles. The van der Waals surface area contributed by atoms with Gasteiger partial charge in [0, 0.05) is 11.2 Å². The summed E-state index contributed by atoms with van der Waals surface area (Å²) in [5.74, 6) is 0. The topological polar surface area (TPSA) is 52.5 Å². The molecule has 3 nitrogen and oxygen atoms in total. The number of aliphatic hydroxyl groups excluding tert-OH is 2. The molecular formula is C12H15NO2S. The van der Waals surface area contributed by atoms with Crippen LogP contribution in [0.3, 0.4) is 0 Å². The second-order valence-corrected chi connectivity index (χ2v) is 4.74. The highest BCUT2D eigenvalue weighted by molar-refractivity contribution is 7.17. The molecule has 4 heteroatoms. The molecule has 2 aromatic rings. The van der Waals surface area contributed by atoms with Crippen LogP contribution < -0.4 is 5.32 Å². The van der Waals surface area contributed by atoms with Crippen LogP contribution in [0.4, 0.5) is 0 Å². The van der Waals surface area contributed by atoms with E-state index in [0.29, 0.717) is 6.54 Å². The minimum Gasteiger partial charge on any atom is -0.389 e. The van der Waals surface area contributed by atoms with Crippen molar-refractivity contribution in [2.75, 3.05) is 13.6 Å². The molecule has 0 aliphatic heterocycles. The van der Waals surface area contributed by atoms with E-state index in [0.717, 1.165) is 10.3 Å². The van der Waals surface area contributed by atoms with Crippen LogP contribution in [0.15, 0.2) is 29.6 Å². The van der Waals surface area contributed by atoms with Crippen molar-refractivity contribution < 1.29 is 10.2 Å². The molecule has 86 valence electrons. The van der Waals surface area contributed by atoms with Gasteiger partial charge in [0.2, 0.25) is 0 Å². The number of aliphatic hydroxyl groups is 2. The fourth-order valence-corrected chi connectivity index (χ4v) is 2.54. The second-order valence-electron chi connectivity index (χ2n) is 3.79. The van der Waals surface area contributed by atoms with Gasteiger partial charge in [0.25, 0.3) is 0 Å². The van der Waals surface area contributed by atoms with Gasteiger partial charge in [-0.3, -0.25) is 0 Å². The summed E-state index contributed by atoms with van der Waals surface area (Å²) in [5.41, 5.74) is 0.762. The largest absolute Gasteiger partial charge is 0.389 e. The lowest BCUT2D eigenvalue weighted by Crippen LogP contribution is -2.29. The van der Waals surface area contributed by atoms with Gasteiger partial charge in [0.05, 0.1) is 6.10 Å². The maximum absolute atomic E-state index is 9.93. The van der Waals surface area contributed by atoms with Crippen LogP contribution in [0.25, 0.3) is 10.1 Å². The lowest BCUT2D eigenvalue weighted by Gasteiger charge is -2.17. The zero-order valence-electron chi connectivity index (χ0n) is 9.05. The predicted molar refractivity (Wildman–Crippen MR) is 66.7 cm³/mol. The standard InChI is InChI=1S/C12H15NO2S/c1-13-7-10(14)12(15)9-3-2-8-4-5-16-11(8)6-9/h2-6,10,12-15H,7H2,1H3. The van der Waals surface area contributed by atoms with E-state index < -0.39 is 12.2 Å². The Labute approximate surface area is 98.4 Å². The maximum atomic E-state index is 9.93. The highest BCUT2D eigenvalue weighted by atomic mass is 32.1. The van der Waals surface area contributed by atoms with Gasteiger partial charge >= 0.3 is 0 Å². The summed E-state index contributed by atoms with van der Waals surface area (Å²) >= 11 is 1.64. The summed E-state index contributed by atoms with van der Waals surface area (Å²) < 4.78 is 1.13. The highest BCUT2D eigenvalue weighted by Crippen LogP contribution is 2.26. The van der Waals surface area contributed by atoms with Gasteiger partial charge < -0.3 is 15.5 Å². The van der Waals surface area contributed by atoms with Gasteiger partial charge in [-0.2, -0.15) is 0 Å². The Morgan fingerprint density at radius 1 is 1.31 bits per heavy atom. The van der Waals surface area contributed by atoms with Gasteiger partial charge in [-0.1, -0.05) is 12.1 Å². The van der Waals surface area contributed by atoms with Gasteiger partial charge in [-0.25, -0.2) is 0 Å². The molecule has 3 N–H and O–H groups in total. The molecule has 0 radical (unpaired) electrons. The first-order valence-corrected chi connectivity index (χ1v) is 6.08. The molecule has 2 rings (SSSR count). The Morgan fingerprint density at radius 2 is 2.12 bits per heavy atom. The van der Waals surface area contributed by atoms with E-state index >= 15 is 0 Å². The normalized spacial score (nSPS) is 15.2. The molecule has 0 aliphatic carbocycles. The van der Waals surface area contributed by atoms with Crippen molar-refractivity contribution in [2.24, 2.45) is 0 Å². The molecule has 0 bridgehead atoms. The van der Waals surface area contributed by atoms with Crippen LogP contribution >= 0.6 is 11.3 Å². The number of benzene rings is 1. The molecule has 2 atom stereocenters. The fraction of sp³-hybridized carbons (Fsp3) is 0.333. The molecule has 1 heterocycles. The molecule has 0 saturated heterocycles. The number of fused-ring (bicyclic) bond motifs is 1. The van der Waals surface area contributed by atoms with Crippen molar-refractivity contribution >= 4 is 21.4 Å². The fourth-order valence-electron chi connectivity index (χ4n) is 1.70. The van der Waals surface area contributed by atoms with Crippen LogP contribution in [-0.2, 0) is 0 Å². The third kappa shape index (κ3) is 2.25. The number of nitrogens with one attached hydrogen (secondary N) is 1. The molecule has 0 aliphatic rings. The van der Waals surface area contributed by atoms with Crippen LogP contribution in [0, 0.1) is 0 Å². The maximum Gasteiger partial charge on any atom is 0.106 e. The van der Waals surface area contributed by atoms with E-state index in [2.05, 4.69) is 5.32 Å². The summed E-state index contributed by atoms with van der Waals surface area (Å²) in [6.07, 6.45) is -1.61. The van der Waals surface area contributed by atoms with E-state index in [9.17, 15) is 10.2 Å². The van der Waals surface area contributed by atoms with E-state index in [-0.39, 0.29) is 0 Å². The summed E-state index contributed by atoms with van der Waals surface area (Å²) in [5, 5.41) is 25.6. The molecule has 0 amide bonds. The van der Waals surface area contributed by atoms with E-state index in [4.69, 9.17) is 0 Å². The number of likely N-dealkylation sites (N-methyl/N-ethyl adjacent to an activating group) is 1. The predicted octanol–water partition coefficient (Wildman–Crippen LogP) is 1.51. The van der Waals surface area contributed by atoms with Gasteiger partial charge in [0.1, 0.15) is 6.10 Å². The van der Waals surface area contributed by atoms with Crippen molar-refractivity contribution in [3.63, 3.8) is 0 Å². The summed E-state index contributed by atoms with van der Waals surface area (Å²) in [6.45, 7) is 0.379. The Hall–Kier alpha value is -0.940. The van der Waals surface area contributed by atoms with E-state index in [1.807, 2.05) is 29.6 Å². The van der Waals surface area contributed by atoms with Crippen LogP contribution in [-0.4, -0.2) is 29.9 Å². The first kappa shape index (κ1) is 11.5. The zero-order chi connectivity index (χ0) is 11.5. The Morgan fingerprint density at radius 3 is 2.88 bits per heavy atom. The van der Waals surface area contributed by atoms with E-state index in [1.54, 1.807) is 18.4 Å². The molecule has 0 spiro atoms. The van der Waals surface area contributed by atoms with Crippen LogP contribution in [0.5, 0.6) is 0 Å². The highest BCUT2D eigenvalue weighted by Gasteiger charge is 2.17. The van der Waals surface area contributed by atoms with Crippen molar-refractivity contribution in [1.82, 2.24) is 5.32 Å². The minimum atomic E-state index is -0.834. The lowest BCUT2D eigenvalue weighted by atomic mass is 10.0. The molecule has 0 saturated carbocycles. The monoisotopic (exact) mass is 237 g/mol. The molecule has 16 heavy (non-hydrogen) atoms. The van der Waals surface area contributed by atoms with Crippen molar-refractivity contribution in [2.45, 2.75) is 12.2 Å². The third-order valence-corrected chi connectivity index (χ3v) is 3.48. The minimum absolute atomic E-state index is 0.379. The SMILES string of the molecule is CNCC(O)C(O)c1ccc2ccsc2c1. The molecule has 1 aromatic carbocycles. The Bertz CT molecular complexity index is 469. The molecule has 2 unspecified atom stereocenters. The van der Waals surface area contributed by atoms with Gasteiger partial charge in [-0.05, 0) is 35.5 Å². The molecular weight excluding hydrogens is 222 g/mol. The molecule has 0 fully saturated rings. The average molecular weight is 237 g/mol. The quantitative estimate of drug-likeness (QED) is 0.755. The number of thiophene rings is 1.